The third-order valence-corrected chi connectivity index (χ3v) is 11.8. The molecule has 0 N–H and O–H groups in total. The van der Waals surface area contributed by atoms with E-state index in [0.717, 1.165) is 42.4 Å². The number of nitrogens with zero attached hydrogens (tertiary/aromatic N) is 4. The zero-order valence-corrected chi connectivity index (χ0v) is 36.8. The van der Waals surface area contributed by atoms with Crippen LogP contribution in [0.4, 0.5) is 9.59 Å². The maximum absolute atomic E-state index is 13.2. The topological polar surface area (TPSA) is 109 Å². The average Bonchev–Trinajstić information content (AvgIpc) is 3.94. The van der Waals surface area contributed by atoms with E-state index in [0.29, 0.717) is 6.54 Å². The SMILES string of the molecule is C/C=C/C(=O)N1C(=O)OC[C@H]1c1ccccc1.COCN(Cc1ccccc1)C[Si](C)(C)C.C[C@@H]1CN(Cc2ccccc2)C[C@H]1C(=O)N1C(=O)OC[C@H]1c1ccccc1. The molecule has 0 bridgehead atoms. The van der Waals surface area contributed by atoms with E-state index in [9.17, 15) is 19.2 Å². The number of hydrogen-bond donors (Lipinski definition) is 0. The van der Waals surface area contributed by atoms with Gasteiger partial charge in [0.1, 0.15) is 25.3 Å². The van der Waals surface area contributed by atoms with Crippen LogP contribution in [0.3, 0.4) is 0 Å². The molecule has 4 aromatic rings. The van der Waals surface area contributed by atoms with Gasteiger partial charge in [-0.25, -0.2) is 19.4 Å². The van der Waals surface area contributed by atoms with Gasteiger partial charge in [0, 0.05) is 33.3 Å². The molecular formula is C48H60N4O7Si. The van der Waals surface area contributed by atoms with E-state index < -0.39 is 20.3 Å². The molecule has 3 heterocycles. The van der Waals surface area contributed by atoms with E-state index in [1.807, 2.05) is 78.9 Å². The van der Waals surface area contributed by atoms with Crippen molar-refractivity contribution in [3.05, 3.63) is 156 Å². The Bertz CT molecular complexity index is 2000. The van der Waals surface area contributed by atoms with Gasteiger partial charge in [-0.3, -0.25) is 19.4 Å². The number of benzene rings is 4. The van der Waals surface area contributed by atoms with Crippen molar-refractivity contribution >= 4 is 32.1 Å². The van der Waals surface area contributed by atoms with Gasteiger partial charge < -0.3 is 14.2 Å². The fraction of sp³-hybridized carbons (Fsp3) is 0.375. The van der Waals surface area contributed by atoms with E-state index in [-0.39, 0.29) is 48.9 Å². The maximum Gasteiger partial charge on any atom is 0.417 e. The number of carbonyl (C=O) groups is 4. The van der Waals surface area contributed by atoms with E-state index in [4.69, 9.17) is 14.2 Å². The van der Waals surface area contributed by atoms with Crippen molar-refractivity contribution in [3.8, 4) is 0 Å². The second-order valence-electron chi connectivity index (χ2n) is 16.6. The summed E-state index contributed by atoms with van der Waals surface area (Å²) in [5, 5.41) is 0. The summed E-state index contributed by atoms with van der Waals surface area (Å²) in [4.78, 5) is 56.0. The second kappa shape index (κ2) is 22.3. The largest absolute Gasteiger partial charge is 0.446 e. The van der Waals surface area contributed by atoms with Gasteiger partial charge in [-0.2, -0.15) is 0 Å². The van der Waals surface area contributed by atoms with Crippen LogP contribution in [0.2, 0.25) is 19.6 Å². The van der Waals surface area contributed by atoms with Crippen molar-refractivity contribution in [3.63, 3.8) is 0 Å². The number of amides is 4. The summed E-state index contributed by atoms with van der Waals surface area (Å²) in [5.41, 5.74) is 4.43. The van der Waals surface area contributed by atoms with Crippen LogP contribution in [-0.2, 0) is 36.9 Å². The lowest BCUT2D eigenvalue weighted by Crippen LogP contribution is -2.41. The van der Waals surface area contributed by atoms with Crippen LogP contribution in [0.1, 0.15) is 48.2 Å². The van der Waals surface area contributed by atoms with Crippen LogP contribution in [-0.4, -0.2) is 98.0 Å². The minimum atomic E-state index is -1.07. The summed E-state index contributed by atoms with van der Waals surface area (Å²) in [5.74, 6) is -0.449. The van der Waals surface area contributed by atoms with Gasteiger partial charge in [0.15, 0.2) is 0 Å². The van der Waals surface area contributed by atoms with Crippen molar-refractivity contribution in [1.82, 2.24) is 19.6 Å². The van der Waals surface area contributed by atoms with Crippen LogP contribution in [0.15, 0.2) is 133 Å². The number of methoxy groups -OCH3 is 1. The minimum absolute atomic E-state index is 0.116. The first kappa shape index (κ1) is 45.7. The van der Waals surface area contributed by atoms with Crippen molar-refractivity contribution < 1.29 is 33.4 Å². The Labute approximate surface area is 356 Å². The summed E-state index contributed by atoms with van der Waals surface area (Å²) < 4.78 is 15.4. The predicted octanol–water partition coefficient (Wildman–Crippen LogP) is 8.73. The molecule has 0 radical (unpaired) electrons. The second-order valence-corrected chi connectivity index (χ2v) is 22.1. The number of imide groups is 2. The first-order valence-corrected chi connectivity index (χ1v) is 24.3. The number of allylic oxidation sites excluding steroid dienone is 1. The van der Waals surface area contributed by atoms with Crippen molar-refractivity contribution in [2.75, 3.05) is 46.3 Å². The van der Waals surface area contributed by atoms with Crippen LogP contribution < -0.4 is 0 Å². The van der Waals surface area contributed by atoms with E-state index in [1.54, 1.807) is 20.1 Å². The van der Waals surface area contributed by atoms with Gasteiger partial charge in [-0.1, -0.05) is 154 Å². The number of cyclic esters (lactones) is 2. The highest BCUT2D eigenvalue weighted by atomic mass is 28.3. The smallest absolute Gasteiger partial charge is 0.417 e. The molecule has 0 spiro atoms. The molecule has 0 saturated carbocycles. The molecule has 60 heavy (non-hydrogen) atoms. The van der Waals surface area contributed by atoms with E-state index in [2.05, 4.69) is 78.8 Å². The average molecular weight is 833 g/mol. The molecule has 3 aliphatic heterocycles. The molecule has 3 aliphatic rings. The van der Waals surface area contributed by atoms with Crippen LogP contribution in [0, 0.1) is 11.8 Å². The monoisotopic (exact) mass is 832 g/mol. The highest BCUT2D eigenvalue weighted by Crippen LogP contribution is 2.34. The fourth-order valence-corrected chi connectivity index (χ4v) is 9.32. The Balaban J connectivity index is 0.000000180. The molecule has 7 rings (SSSR count). The Morgan fingerprint density at radius 1 is 0.733 bits per heavy atom. The maximum atomic E-state index is 13.2. The molecule has 4 aromatic carbocycles. The lowest BCUT2D eigenvalue weighted by molar-refractivity contribution is -0.134. The molecule has 0 aliphatic carbocycles. The lowest BCUT2D eigenvalue weighted by Gasteiger charge is -2.28. The molecule has 3 saturated heterocycles. The molecule has 4 amide bonds. The Kier molecular flexibility index (Phi) is 17.0. The third-order valence-electron chi connectivity index (χ3n) is 10.4. The van der Waals surface area contributed by atoms with Gasteiger partial charge in [0.25, 0.3) is 5.91 Å². The van der Waals surface area contributed by atoms with Crippen LogP contribution >= 0.6 is 0 Å². The number of rotatable bonds is 12. The third kappa shape index (κ3) is 13.0. The Morgan fingerprint density at radius 3 is 1.72 bits per heavy atom. The number of hydrogen-bond acceptors (Lipinski definition) is 9. The van der Waals surface area contributed by atoms with Gasteiger partial charge in [-0.05, 0) is 47.3 Å². The molecule has 3 fully saturated rings. The first-order chi connectivity index (χ1) is 28.9. The Morgan fingerprint density at radius 2 is 1.22 bits per heavy atom. The van der Waals surface area contributed by atoms with Crippen molar-refractivity contribution in [1.29, 1.82) is 0 Å². The van der Waals surface area contributed by atoms with Crippen LogP contribution in [0.5, 0.6) is 0 Å². The van der Waals surface area contributed by atoms with E-state index >= 15 is 0 Å². The highest BCUT2D eigenvalue weighted by Gasteiger charge is 2.45. The molecular weight excluding hydrogens is 773 g/mol. The molecule has 0 unspecified atom stereocenters. The normalized spacial score (nSPS) is 20.3. The lowest BCUT2D eigenvalue weighted by atomic mass is 9.95. The van der Waals surface area contributed by atoms with Crippen molar-refractivity contribution in [2.24, 2.45) is 11.8 Å². The summed E-state index contributed by atoms with van der Waals surface area (Å²) in [6, 6.07) is 39.2. The zero-order valence-electron chi connectivity index (χ0n) is 35.8. The molecule has 12 heteroatoms. The standard InChI is InChI=1S/C22H24N2O3.C13H13NO3.C13H23NOSi/c1-16-12-23(13-17-8-4-2-5-9-17)14-19(16)21(25)24-20(15-27-22(24)26)18-10-6-3-7-11-18;1-2-6-12(15)14-11(9-17-13(14)16)10-7-4-3-5-8-10;1-15-11-14(12-16(2,3)4)10-13-8-6-5-7-9-13/h2-11,16,19-20H,12-15H2,1H3;2-8,11H,9H2,1H3;5-9H,10-12H2,1-4H3/b;6-2+;/t16-,19-,20+;11-;/m10./s1. The predicted molar refractivity (Wildman–Crippen MR) is 236 cm³/mol. The zero-order chi connectivity index (χ0) is 43.1. The minimum Gasteiger partial charge on any atom is -0.446 e. The highest BCUT2D eigenvalue weighted by molar-refractivity contribution is 6.76. The fourth-order valence-electron chi connectivity index (χ4n) is 7.77. The van der Waals surface area contributed by atoms with Crippen molar-refractivity contribution in [2.45, 2.75) is 58.7 Å². The molecule has 4 atom stereocenters. The van der Waals surface area contributed by atoms with Gasteiger partial charge >= 0.3 is 12.2 Å². The summed E-state index contributed by atoms with van der Waals surface area (Å²) in [6.45, 7) is 15.5. The number of likely N-dealkylation sites (tertiary alicyclic amines) is 1. The quantitative estimate of drug-likeness (QED) is 0.0787. The van der Waals surface area contributed by atoms with Gasteiger partial charge in [0.05, 0.1) is 20.7 Å². The summed E-state index contributed by atoms with van der Waals surface area (Å²) >= 11 is 0. The van der Waals surface area contributed by atoms with Gasteiger partial charge in [-0.15, -0.1) is 0 Å². The van der Waals surface area contributed by atoms with E-state index in [1.165, 1.54) is 28.3 Å². The number of ether oxygens (including phenoxy) is 3. The van der Waals surface area contributed by atoms with Gasteiger partial charge in [0.2, 0.25) is 5.91 Å². The summed E-state index contributed by atoms with van der Waals surface area (Å²) in [7, 11) is 0.701. The summed E-state index contributed by atoms with van der Waals surface area (Å²) in [6.07, 6.45) is 3.04. The number of carbonyl (C=O) groups excluding carboxylic acids is 4. The molecule has 0 aromatic heterocycles. The molecule has 318 valence electrons. The Hall–Kier alpha value is -5.40. The van der Waals surface area contributed by atoms with Crippen LogP contribution in [0.25, 0.3) is 0 Å². The molecule has 11 nitrogen and oxygen atoms in total. The first-order valence-electron chi connectivity index (χ1n) is 20.6.